The lowest BCUT2D eigenvalue weighted by molar-refractivity contribution is 0.710. The van der Waals surface area contributed by atoms with Crippen molar-refractivity contribution < 1.29 is 0 Å². The van der Waals surface area contributed by atoms with Gasteiger partial charge in [0.15, 0.2) is 0 Å². The Hall–Kier alpha value is -7.00. The lowest BCUT2D eigenvalue weighted by Gasteiger charge is -2.24. The Morgan fingerprint density at radius 1 is 0.367 bits per heavy atom. The molecule has 6 aromatic heterocycles. The summed E-state index contributed by atoms with van der Waals surface area (Å²) in [7, 11) is 0. The van der Waals surface area contributed by atoms with Crippen LogP contribution in [0.4, 0.5) is 0 Å². The molecule has 0 spiro atoms. The first-order valence-electron chi connectivity index (χ1n) is 15.9. The average molecular weight is 632 g/mol. The summed E-state index contributed by atoms with van der Waals surface area (Å²) in [4.78, 5) is 28.0. The Morgan fingerprint density at radius 3 is 1.12 bits per heavy atom. The SMILES string of the molecule is C1=CC2=C(c3ccncc3)c3ccc4n3Nn3c(ccc3=C(c3ccncc3)C3=NC(=C4c4ccncc4)C=C3)=C(c3ccncc3)C1=N2. The third-order valence-electron chi connectivity index (χ3n) is 9.17. The quantitative estimate of drug-likeness (QED) is 0.300. The van der Waals surface area contributed by atoms with E-state index in [-0.39, 0.29) is 0 Å². The number of nitrogens with zero attached hydrogens (tertiary/aromatic N) is 8. The molecule has 6 aromatic rings. The predicted molar refractivity (Wildman–Crippen MR) is 190 cm³/mol. The lowest BCUT2D eigenvalue weighted by atomic mass is 10.0. The van der Waals surface area contributed by atoms with Crippen molar-refractivity contribution in [1.29, 1.82) is 0 Å². The van der Waals surface area contributed by atoms with E-state index in [1.54, 1.807) is 0 Å². The predicted octanol–water partition coefficient (Wildman–Crippen LogP) is 4.84. The summed E-state index contributed by atoms with van der Waals surface area (Å²) >= 11 is 0. The first-order chi connectivity index (χ1) is 24.3. The van der Waals surface area contributed by atoms with Crippen LogP contribution in [0.15, 0.2) is 168 Å². The zero-order valence-corrected chi connectivity index (χ0v) is 25.9. The molecule has 0 saturated carbocycles. The van der Waals surface area contributed by atoms with Crippen LogP contribution in [0.25, 0.3) is 22.3 Å². The van der Waals surface area contributed by atoms with Crippen LogP contribution in [0, 0.1) is 0 Å². The van der Waals surface area contributed by atoms with Crippen LogP contribution >= 0.6 is 0 Å². The van der Waals surface area contributed by atoms with Crippen LogP contribution in [0.1, 0.15) is 33.6 Å². The van der Waals surface area contributed by atoms with Gasteiger partial charge in [-0.1, -0.05) is 0 Å². The molecule has 0 fully saturated rings. The highest BCUT2D eigenvalue weighted by molar-refractivity contribution is 6.31. The summed E-state index contributed by atoms with van der Waals surface area (Å²) in [6, 6.07) is 24.9. The molecule has 0 atom stereocenters. The van der Waals surface area contributed by atoms with Crippen molar-refractivity contribution in [2.45, 2.75) is 0 Å². The molecule has 230 valence electrons. The molecule has 4 aliphatic rings. The highest BCUT2D eigenvalue weighted by atomic mass is 15.7. The van der Waals surface area contributed by atoms with Gasteiger partial charge in [-0.3, -0.25) is 19.9 Å². The molecule has 9 nitrogen and oxygen atoms in total. The smallest absolute Gasteiger partial charge is 0.0746 e. The molecule has 0 radical (unpaired) electrons. The van der Waals surface area contributed by atoms with E-state index in [1.807, 2.05) is 98.1 Å². The molecule has 49 heavy (non-hydrogen) atoms. The Labute approximate surface area is 280 Å². The average Bonchev–Trinajstić information content (AvgIpc) is 3.98. The fraction of sp³-hybridized carbons (Fsp3) is 0. The standard InChI is InChI=1S/C40H25N9/c1-2-30-38(26-11-19-42-20-12-26)34-7-8-36-40(28-15-23-44-24-16-28)32-4-3-31(46-32)39(27-13-21-43-22-14-27)35-6-5-33(48(35)47-49(34)36)37(29(1)45-30)25-9-17-41-18-10-25/h1-24,47H. The fourth-order valence-electron chi connectivity index (χ4n) is 7.03. The minimum Gasteiger partial charge on any atom is -0.265 e. The van der Waals surface area contributed by atoms with Gasteiger partial charge in [0.05, 0.1) is 44.9 Å². The maximum absolute atomic E-state index is 5.34. The monoisotopic (exact) mass is 631 g/mol. The molecule has 6 bridgehead atoms. The number of allylic oxidation sites excluding steroid dienone is 4. The van der Waals surface area contributed by atoms with Crippen LogP contribution < -0.4 is 16.2 Å². The van der Waals surface area contributed by atoms with Gasteiger partial charge >= 0.3 is 0 Å². The highest BCUT2D eigenvalue weighted by Crippen LogP contribution is 2.38. The van der Waals surface area contributed by atoms with Crippen molar-refractivity contribution in [3.8, 4) is 0 Å². The molecular weight excluding hydrogens is 607 g/mol. The van der Waals surface area contributed by atoms with Gasteiger partial charge in [0, 0.05) is 71.9 Å². The zero-order chi connectivity index (χ0) is 32.3. The fourth-order valence-corrected chi connectivity index (χ4v) is 7.03. The summed E-state index contributed by atoms with van der Waals surface area (Å²) in [5.74, 6) is 0. The van der Waals surface area contributed by atoms with Crippen molar-refractivity contribution in [3.63, 3.8) is 0 Å². The molecule has 1 N–H and O–H groups in total. The summed E-state index contributed by atoms with van der Waals surface area (Å²) in [6.07, 6.45) is 23.0. The molecule has 0 amide bonds. The van der Waals surface area contributed by atoms with E-state index in [0.29, 0.717) is 0 Å². The zero-order valence-electron chi connectivity index (χ0n) is 25.9. The van der Waals surface area contributed by atoms with Gasteiger partial charge in [0.1, 0.15) is 0 Å². The molecule has 10 heterocycles. The topological polar surface area (TPSA) is 98.2 Å². The minimum atomic E-state index is 0.857. The number of rotatable bonds is 4. The van der Waals surface area contributed by atoms with E-state index < -0.39 is 0 Å². The molecular formula is C40H25N9. The van der Waals surface area contributed by atoms with E-state index in [1.165, 1.54) is 0 Å². The second kappa shape index (κ2) is 10.8. The van der Waals surface area contributed by atoms with Gasteiger partial charge in [-0.2, -0.15) is 0 Å². The maximum Gasteiger partial charge on any atom is 0.0746 e. The Balaban J connectivity index is 1.43. The number of hydrogen-bond donors (Lipinski definition) is 1. The highest BCUT2D eigenvalue weighted by Gasteiger charge is 2.28. The van der Waals surface area contributed by atoms with Crippen LogP contribution in [-0.4, -0.2) is 40.7 Å². The van der Waals surface area contributed by atoms with E-state index in [4.69, 9.17) is 9.98 Å². The van der Waals surface area contributed by atoms with Crippen molar-refractivity contribution in [2.75, 3.05) is 5.53 Å². The first-order valence-corrected chi connectivity index (χ1v) is 15.9. The van der Waals surface area contributed by atoms with Crippen LogP contribution in [0.2, 0.25) is 0 Å². The van der Waals surface area contributed by atoms with Crippen molar-refractivity contribution >= 4 is 33.7 Å². The van der Waals surface area contributed by atoms with Gasteiger partial charge < -0.3 is 0 Å². The molecule has 0 aliphatic carbocycles. The number of pyridine rings is 4. The number of aromatic nitrogens is 6. The number of hydrogen-bond acceptors (Lipinski definition) is 7. The van der Waals surface area contributed by atoms with E-state index in [0.717, 1.165) is 89.4 Å². The van der Waals surface area contributed by atoms with E-state index >= 15 is 0 Å². The normalized spacial score (nSPS) is 15.8. The third kappa shape index (κ3) is 4.26. The van der Waals surface area contributed by atoms with Gasteiger partial charge in [-0.25, -0.2) is 24.9 Å². The van der Waals surface area contributed by atoms with E-state index in [2.05, 4.69) is 83.4 Å². The molecule has 9 heteroatoms. The summed E-state index contributed by atoms with van der Waals surface area (Å²) < 4.78 is 4.32. The van der Waals surface area contributed by atoms with Crippen LogP contribution in [0.3, 0.4) is 0 Å². The van der Waals surface area contributed by atoms with Crippen LogP contribution in [0.5, 0.6) is 0 Å². The summed E-state index contributed by atoms with van der Waals surface area (Å²) in [5, 5.41) is 1.88. The van der Waals surface area contributed by atoms with Crippen molar-refractivity contribution in [2.24, 2.45) is 9.98 Å². The molecule has 0 aromatic carbocycles. The second-order valence-electron chi connectivity index (χ2n) is 11.9. The molecule has 10 rings (SSSR count). The van der Waals surface area contributed by atoms with Crippen LogP contribution in [-0.2, 0) is 0 Å². The maximum atomic E-state index is 5.34. The van der Waals surface area contributed by atoms with Crippen molar-refractivity contribution in [1.82, 2.24) is 29.3 Å². The lowest BCUT2D eigenvalue weighted by Crippen LogP contribution is -2.42. The molecule has 0 saturated heterocycles. The Kier molecular flexibility index (Phi) is 5.97. The van der Waals surface area contributed by atoms with Gasteiger partial charge in [0.25, 0.3) is 0 Å². The van der Waals surface area contributed by atoms with Gasteiger partial charge in [-0.05, 0) is 119 Å². The Morgan fingerprint density at radius 2 is 0.735 bits per heavy atom. The second-order valence-corrected chi connectivity index (χ2v) is 11.9. The number of aliphatic imine (C=N–C) groups is 2. The van der Waals surface area contributed by atoms with Gasteiger partial charge in [0.2, 0.25) is 0 Å². The minimum absolute atomic E-state index is 0.857. The summed E-state index contributed by atoms with van der Waals surface area (Å²) in [6.45, 7) is 0. The van der Waals surface area contributed by atoms with Crippen molar-refractivity contribution in [3.05, 3.63) is 202 Å². The Bertz CT molecular complexity index is 2460. The third-order valence-corrected chi connectivity index (χ3v) is 9.17. The molecule has 0 unspecified atom stereocenters. The largest absolute Gasteiger partial charge is 0.265 e. The number of fused-ring (bicyclic) bond motifs is 2. The van der Waals surface area contributed by atoms with Gasteiger partial charge in [-0.15, -0.1) is 0 Å². The first kappa shape index (κ1) is 27.1. The van der Waals surface area contributed by atoms with E-state index in [9.17, 15) is 0 Å². The molecule has 4 aliphatic heterocycles. The summed E-state index contributed by atoms with van der Waals surface area (Å²) in [5.41, 5.74) is 17.1. The number of nitrogens with one attached hydrogen (secondary N) is 1.